The molecule has 0 bridgehead atoms. The lowest BCUT2D eigenvalue weighted by Crippen LogP contribution is -2.11. The van der Waals surface area contributed by atoms with E-state index < -0.39 is 0 Å². The minimum atomic E-state index is 1.18. The van der Waals surface area contributed by atoms with Crippen molar-refractivity contribution in [3.05, 3.63) is 35.7 Å². The van der Waals surface area contributed by atoms with Crippen LogP contribution in [0.1, 0.15) is 17.7 Å². The molecule has 0 fully saturated rings. The van der Waals surface area contributed by atoms with E-state index in [2.05, 4.69) is 29.3 Å². The van der Waals surface area contributed by atoms with Gasteiger partial charge in [-0.1, -0.05) is 6.08 Å². The molecular weight excluding hydrogens is 122 g/mol. The van der Waals surface area contributed by atoms with Gasteiger partial charge >= 0.3 is 0 Å². The van der Waals surface area contributed by atoms with Crippen molar-refractivity contribution in [1.29, 1.82) is 0 Å². The van der Waals surface area contributed by atoms with Crippen LogP contribution in [0, 0.1) is 0 Å². The first-order valence-corrected chi connectivity index (χ1v) is 3.63. The third-order valence-corrected chi connectivity index (χ3v) is 1.84. The fraction of sp³-hybridized carbons (Fsp3) is 0.222. The molecule has 0 spiro atoms. The van der Waals surface area contributed by atoms with Gasteiger partial charge in [0, 0.05) is 17.7 Å². The maximum absolute atomic E-state index is 3.20. The van der Waals surface area contributed by atoms with Crippen molar-refractivity contribution < 1.29 is 4.98 Å². The fourth-order valence-corrected chi connectivity index (χ4v) is 1.30. The Kier molecular flexibility index (Phi) is 1.28. The van der Waals surface area contributed by atoms with Gasteiger partial charge in [-0.3, -0.25) is 0 Å². The Morgan fingerprint density at radius 1 is 1.40 bits per heavy atom. The average Bonchev–Trinajstić information content (AvgIpc) is 2.05. The summed E-state index contributed by atoms with van der Waals surface area (Å²) in [4.78, 5) is 3.20. The molecule has 1 nitrogen and oxygen atoms in total. The van der Waals surface area contributed by atoms with E-state index in [1.165, 1.54) is 24.1 Å². The molecular formula is C9H10N+. The number of hydrogen-bond donors (Lipinski definition) is 0. The topological polar surface area (TPSA) is 14.1 Å². The zero-order chi connectivity index (χ0) is 6.81. The van der Waals surface area contributed by atoms with Gasteiger partial charge in [-0.2, -0.15) is 0 Å². The molecule has 0 saturated heterocycles. The van der Waals surface area contributed by atoms with Crippen molar-refractivity contribution in [3.63, 3.8) is 0 Å². The Bertz CT molecular complexity index is 263. The summed E-state index contributed by atoms with van der Waals surface area (Å²) in [5.74, 6) is 0. The Hall–Kier alpha value is -1.11. The molecule has 0 aliphatic heterocycles. The average molecular weight is 132 g/mol. The fourth-order valence-electron chi connectivity index (χ4n) is 1.30. The molecule has 0 aromatic carbocycles. The second-order valence-corrected chi connectivity index (χ2v) is 2.55. The van der Waals surface area contributed by atoms with E-state index >= 15 is 0 Å². The normalized spacial score (nSPS) is 14.8. The van der Waals surface area contributed by atoms with Gasteiger partial charge in [0.2, 0.25) is 5.69 Å². The van der Waals surface area contributed by atoms with Gasteiger partial charge in [-0.25, -0.2) is 4.98 Å². The summed E-state index contributed by atoms with van der Waals surface area (Å²) < 4.78 is 0. The molecule has 50 valence electrons. The van der Waals surface area contributed by atoms with E-state index in [0.29, 0.717) is 0 Å². The first-order valence-electron chi connectivity index (χ1n) is 3.63. The van der Waals surface area contributed by atoms with E-state index in [4.69, 9.17) is 0 Å². The highest BCUT2D eigenvalue weighted by Crippen LogP contribution is 2.12. The lowest BCUT2D eigenvalue weighted by Gasteiger charge is -2.01. The van der Waals surface area contributed by atoms with Crippen LogP contribution in [0.25, 0.3) is 6.08 Å². The van der Waals surface area contributed by atoms with Crippen LogP contribution in [0.5, 0.6) is 0 Å². The second kappa shape index (κ2) is 2.25. The Morgan fingerprint density at radius 2 is 2.40 bits per heavy atom. The number of aromatic nitrogens is 1. The van der Waals surface area contributed by atoms with Crippen LogP contribution >= 0.6 is 0 Å². The van der Waals surface area contributed by atoms with Crippen molar-refractivity contribution in [3.8, 4) is 0 Å². The zero-order valence-electron chi connectivity index (χ0n) is 5.80. The van der Waals surface area contributed by atoms with E-state index in [1.54, 1.807) is 0 Å². The van der Waals surface area contributed by atoms with Crippen LogP contribution in [0.15, 0.2) is 24.4 Å². The number of hydrogen-bond acceptors (Lipinski definition) is 0. The summed E-state index contributed by atoms with van der Waals surface area (Å²) in [5, 5.41) is 0. The Labute approximate surface area is 60.4 Å². The van der Waals surface area contributed by atoms with Gasteiger partial charge in [0.25, 0.3) is 0 Å². The molecule has 10 heavy (non-hydrogen) atoms. The Balaban J connectivity index is 2.54. The predicted molar refractivity (Wildman–Crippen MR) is 40.4 cm³/mol. The van der Waals surface area contributed by atoms with Gasteiger partial charge in [0.1, 0.15) is 0 Å². The van der Waals surface area contributed by atoms with E-state index in [9.17, 15) is 0 Å². The molecule has 1 aliphatic rings. The van der Waals surface area contributed by atoms with E-state index in [0.717, 1.165) is 0 Å². The summed E-state index contributed by atoms with van der Waals surface area (Å²) >= 11 is 0. The van der Waals surface area contributed by atoms with Crippen LogP contribution < -0.4 is 4.98 Å². The number of rotatable bonds is 0. The van der Waals surface area contributed by atoms with Gasteiger partial charge in [0.05, 0.1) is 0 Å². The highest BCUT2D eigenvalue weighted by Gasteiger charge is 2.07. The smallest absolute Gasteiger partial charge is 0.206 e. The van der Waals surface area contributed by atoms with Crippen LogP contribution in [-0.4, -0.2) is 0 Å². The van der Waals surface area contributed by atoms with Gasteiger partial charge in [-0.05, 0) is 18.9 Å². The van der Waals surface area contributed by atoms with Crippen LogP contribution in [-0.2, 0) is 6.42 Å². The number of pyridine rings is 1. The lowest BCUT2D eigenvalue weighted by atomic mass is 10.0. The number of aromatic amines is 1. The third kappa shape index (κ3) is 0.838. The maximum Gasteiger partial charge on any atom is 0.206 e. The van der Waals surface area contributed by atoms with Crippen LogP contribution in [0.3, 0.4) is 0 Å². The Morgan fingerprint density at radius 3 is 3.30 bits per heavy atom. The van der Waals surface area contributed by atoms with Gasteiger partial charge in [0.15, 0.2) is 6.20 Å². The molecule has 1 aromatic rings. The molecule has 1 N–H and O–H groups in total. The monoisotopic (exact) mass is 132 g/mol. The van der Waals surface area contributed by atoms with E-state index in [1.807, 2.05) is 6.20 Å². The molecule has 0 unspecified atom stereocenters. The molecule has 0 amide bonds. The molecule has 1 aromatic heterocycles. The van der Waals surface area contributed by atoms with Gasteiger partial charge in [-0.15, -0.1) is 0 Å². The number of fused-ring (bicyclic) bond motifs is 1. The maximum atomic E-state index is 3.20. The highest BCUT2D eigenvalue weighted by molar-refractivity contribution is 5.48. The standard InChI is InChI=1S/C9H9N/c1-2-6-9-8(4-1)5-3-7-10-9/h2-3,5-7H,1,4H2/p+1. The van der Waals surface area contributed by atoms with Crippen molar-refractivity contribution in [1.82, 2.24) is 0 Å². The van der Waals surface area contributed by atoms with Crippen molar-refractivity contribution in [2.24, 2.45) is 0 Å². The first-order chi connectivity index (χ1) is 4.97. The van der Waals surface area contributed by atoms with E-state index in [-0.39, 0.29) is 0 Å². The minimum absolute atomic E-state index is 1.18. The summed E-state index contributed by atoms with van der Waals surface area (Å²) in [7, 11) is 0. The molecule has 1 heteroatoms. The molecule has 1 heterocycles. The van der Waals surface area contributed by atoms with Crippen LogP contribution in [0.2, 0.25) is 0 Å². The first kappa shape index (κ1) is 5.66. The predicted octanol–water partition coefficient (Wildman–Crippen LogP) is 1.46. The summed E-state index contributed by atoms with van der Waals surface area (Å²) in [6.45, 7) is 0. The summed E-state index contributed by atoms with van der Waals surface area (Å²) in [6, 6.07) is 4.23. The molecule has 0 atom stereocenters. The lowest BCUT2D eigenvalue weighted by molar-refractivity contribution is -0.381. The number of allylic oxidation sites excluding steroid dienone is 1. The molecule has 0 radical (unpaired) electrons. The third-order valence-electron chi connectivity index (χ3n) is 1.84. The number of aryl methyl sites for hydroxylation is 1. The SMILES string of the molecule is C1=Cc2[nH+]cccc2CC1. The molecule has 2 rings (SSSR count). The van der Waals surface area contributed by atoms with Crippen molar-refractivity contribution in [2.75, 3.05) is 0 Å². The minimum Gasteiger partial charge on any atom is -0.211 e. The quantitative estimate of drug-likeness (QED) is 0.507. The summed E-state index contributed by atoms with van der Waals surface area (Å²) in [5.41, 5.74) is 2.71. The second-order valence-electron chi connectivity index (χ2n) is 2.55. The van der Waals surface area contributed by atoms with Crippen molar-refractivity contribution in [2.45, 2.75) is 12.8 Å². The largest absolute Gasteiger partial charge is 0.211 e. The summed E-state index contributed by atoms with van der Waals surface area (Å²) in [6.07, 6.45) is 8.69. The van der Waals surface area contributed by atoms with Gasteiger partial charge < -0.3 is 0 Å². The van der Waals surface area contributed by atoms with Crippen LogP contribution in [0.4, 0.5) is 0 Å². The molecule has 1 aliphatic carbocycles. The number of H-pyrrole nitrogens is 1. The van der Waals surface area contributed by atoms with Crippen molar-refractivity contribution >= 4 is 6.08 Å². The highest BCUT2D eigenvalue weighted by atomic mass is 14.7. The zero-order valence-corrected chi connectivity index (χ0v) is 5.80. The molecule has 0 saturated carbocycles. The number of nitrogens with one attached hydrogen (secondary N) is 1.